The third kappa shape index (κ3) is 5.30. The Morgan fingerprint density at radius 2 is 2.05 bits per heavy atom. The molecule has 4 heteroatoms. The molecule has 0 atom stereocenters. The van der Waals surface area contributed by atoms with Crippen LogP contribution in [0.4, 0.5) is 0 Å². The maximum atomic E-state index is 9.20. The lowest BCUT2D eigenvalue weighted by molar-refractivity contribution is 0.142. The number of hydrogen-bond acceptors (Lipinski definition) is 4. The molecule has 1 aromatic carbocycles. The van der Waals surface area contributed by atoms with Crippen LogP contribution >= 0.6 is 0 Å². The standard InChI is InChI=1S/C17H28N2O2/c18-14-15-5-3-8-17(13-15)21-12-4-9-19(10-11-20)16-6-1-2-7-16/h3,5,8,13,16,20H,1-2,4,6-7,9-12,14,18H2. The number of ether oxygens (including phenoxy) is 1. The molecule has 1 saturated carbocycles. The fraction of sp³-hybridized carbons (Fsp3) is 0.647. The minimum absolute atomic E-state index is 0.246. The van der Waals surface area contributed by atoms with E-state index < -0.39 is 0 Å². The van der Waals surface area contributed by atoms with Gasteiger partial charge in [0.05, 0.1) is 13.2 Å². The van der Waals surface area contributed by atoms with Crippen LogP contribution in [0.2, 0.25) is 0 Å². The zero-order valence-electron chi connectivity index (χ0n) is 12.8. The maximum absolute atomic E-state index is 9.20. The highest BCUT2D eigenvalue weighted by Gasteiger charge is 2.21. The number of nitrogens with two attached hydrogens (primary N) is 1. The van der Waals surface area contributed by atoms with Crippen molar-refractivity contribution in [3.05, 3.63) is 29.8 Å². The van der Waals surface area contributed by atoms with E-state index in [-0.39, 0.29) is 6.61 Å². The van der Waals surface area contributed by atoms with E-state index in [4.69, 9.17) is 10.5 Å². The van der Waals surface area contributed by atoms with E-state index in [1.54, 1.807) is 0 Å². The van der Waals surface area contributed by atoms with Gasteiger partial charge in [0.15, 0.2) is 0 Å². The lowest BCUT2D eigenvalue weighted by Crippen LogP contribution is -2.36. The molecule has 0 heterocycles. The van der Waals surface area contributed by atoms with E-state index in [0.29, 0.717) is 19.2 Å². The number of aliphatic hydroxyl groups excluding tert-OH is 1. The van der Waals surface area contributed by atoms with Gasteiger partial charge < -0.3 is 15.6 Å². The quantitative estimate of drug-likeness (QED) is 0.685. The summed E-state index contributed by atoms with van der Waals surface area (Å²) in [6.45, 7) is 3.29. The average Bonchev–Trinajstić information content (AvgIpc) is 3.05. The molecule has 4 nitrogen and oxygen atoms in total. The molecule has 1 fully saturated rings. The van der Waals surface area contributed by atoms with E-state index in [0.717, 1.165) is 30.8 Å². The van der Waals surface area contributed by atoms with Gasteiger partial charge in [0.2, 0.25) is 0 Å². The summed E-state index contributed by atoms with van der Waals surface area (Å²) in [7, 11) is 0. The lowest BCUT2D eigenvalue weighted by atomic mass is 10.2. The fourth-order valence-electron chi connectivity index (χ4n) is 3.09. The number of aliphatic hydroxyl groups is 1. The fourth-order valence-corrected chi connectivity index (χ4v) is 3.09. The first-order chi connectivity index (χ1) is 10.3. The topological polar surface area (TPSA) is 58.7 Å². The summed E-state index contributed by atoms with van der Waals surface area (Å²) < 4.78 is 5.79. The summed E-state index contributed by atoms with van der Waals surface area (Å²) in [5.74, 6) is 0.896. The molecular weight excluding hydrogens is 264 g/mol. The van der Waals surface area contributed by atoms with Crippen LogP contribution in [0.25, 0.3) is 0 Å². The molecule has 2 rings (SSSR count). The van der Waals surface area contributed by atoms with Crippen LogP contribution in [0.3, 0.4) is 0 Å². The third-order valence-corrected chi connectivity index (χ3v) is 4.22. The minimum Gasteiger partial charge on any atom is -0.494 e. The molecule has 118 valence electrons. The molecule has 0 bridgehead atoms. The number of benzene rings is 1. The zero-order chi connectivity index (χ0) is 14.9. The predicted molar refractivity (Wildman–Crippen MR) is 85.4 cm³/mol. The Morgan fingerprint density at radius 1 is 1.24 bits per heavy atom. The van der Waals surface area contributed by atoms with Gasteiger partial charge in [-0.3, -0.25) is 4.90 Å². The highest BCUT2D eigenvalue weighted by molar-refractivity contribution is 5.28. The summed E-state index contributed by atoms with van der Waals surface area (Å²) >= 11 is 0. The van der Waals surface area contributed by atoms with Gasteiger partial charge in [0.25, 0.3) is 0 Å². The minimum atomic E-state index is 0.246. The van der Waals surface area contributed by atoms with Gasteiger partial charge in [-0.1, -0.05) is 25.0 Å². The van der Waals surface area contributed by atoms with Gasteiger partial charge in [0, 0.05) is 25.7 Å². The van der Waals surface area contributed by atoms with Crippen LogP contribution in [0, 0.1) is 0 Å². The van der Waals surface area contributed by atoms with E-state index in [9.17, 15) is 5.11 Å². The Hall–Kier alpha value is -1.10. The average molecular weight is 292 g/mol. The molecule has 0 spiro atoms. The van der Waals surface area contributed by atoms with Gasteiger partial charge >= 0.3 is 0 Å². The Labute approximate surface area is 127 Å². The summed E-state index contributed by atoms with van der Waals surface area (Å²) in [6, 6.07) is 8.63. The summed E-state index contributed by atoms with van der Waals surface area (Å²) in [5, 5.41) is 9.20. The number of rotatable bonds is 9. The van der Waals surface area contributed by atoms with Crippen LogP contribution in [0.1, 0.15) is 37.7 Å². The lowest BCUT2D eigenvalue weighted by Gasteiger charge is -2.28. The molecule has 21 heavy (non-hydrogen) atoms. The largest absolute Gasteiger partial charge is 0.494 e. The Balaban J connectivity index is 1.71. The first-order valence-electron chi connectivity index (χ1n) is 8.10. The van der Waals surface area contributed by atoms with E-state index in [1.807, 2.05) is 24.3 Å². The summed E-state index contributed by atoms with van der Waals surface area (Å²) in [6.07, 6.45) is 6.20. The smallest absolute Gasteiger partial charge is 0.119 e. The van der Waals surface area contributed by atoms with Crippen LogP contribution in [0.15, 0.2) is 24.3 Å². The first kappa shape index (κ1) is 16.3. The summed E-state index contributed by atoms with van der Waals surface area (Å²) in [5.41, 5.74) is 6.73. The van der Waals surface area contributed by atoms with Gasteiger partial charge in [-0.15, -0.1) is 0 Å². The third-order valence-electron chi connectivity index (χ3n) is 4.22. The van der Waals surface area contributed by atoms with E-state index in [1.165, 1.54) is 25.7 Å². The first-order valence-corrected chi connectivity index (χ1v) is 8.10. The molecule has 3 N–H and O–H groups in total. The molecule has 1 aliphatic carbocycles. The van der Waals surface area contributed by atoms with Crippen LogP contribution in [-0.2, 0) is 6.54 Å². The van der Waals surface area contributed by atoms with Crippen molar-refractivity contribution in [1.82, 2.24) is 4.90 Å². The Morgan fingerprint density at radius 3 is 2.76 bits per heavy atom. The second kappa shape index (κ2) is 9.03. The summed E-state index contributed by atoms with van der Waals surface area (Å²) in [4.78, 5) is 2.42. The Kier molecular flexibility index (Phi) is 7.00. The van der Waals surface area contributed by atoms with Crippen LogP contribution in [-0.4, -0.2) is 42.4 Å². The monoisotopic (exact) mass is 292 g/mol. The SMILES string of the molecule is NCc1cccc(OCCCN(CCO)C2CCCC2)c1. The van der Waals surface area contributed by atoms with Gasteiger partial charge in [-0.05, 0) is 37.0 Å². The maximum Gasteiger partial charge on any atom is 0.119 e. The molecule has 1 aliphatic rings. The van der Waals surface area contributed by atoms with Crippen molar-refractivity contribution in [2.24, 2.45) is 5.73 Å². The highest BCUT2D eigenvalue weighted by atomic mass is 16.5. The van der Waals surface area contributed by atoms with E-state index in [2.05, 4.69) is 4.90 Å². The van der Waals surface area contributed by atoms with Crippen molar-refractivity contribution in [1.29, 1.82) is 0 Å². The van der Waals surface area contributed by atoms with E-state index >= 15 is 0 Å². The molecule has 0 aliphatic heterocycles. The normalized spacial score (nSPS) is 15.8. The molecule has 0 saturated heterocycles. The van der Waals surface area contributed by atoms with Crippen molar-refractivity contribution in [3.8, 4) is 5.75 Å². The van der Waals surface area contributed by atoms with Crippen molar-refractivity contribution in [2.75, 3.05) is 26.3 Å². The zero-order valence-corrected chi connectivity index (χ0v) is 12.8. The van der Waals surface area contributed by atoms with Crippen LogP contribution < -0.4 is 10.5 Å². The van der Waals surface area contributed by atoms with Crippen molar-refractivity contribution < 1.29 is 9.84 Å². The molecular formula is C17H28N2O2. The molecule has 0 radical (unpaired) electrons. The number of hydrogen-bond donors (Lipinski definition) is 2. The predicted octanol–water partition coefficient (Wildman–Crippen LogP) is 2.15. The molecule has 0 aromatic heterocycles. The number of nitrogens with zero attached hydrogens (tertiary/aromatic N) is 1. The van der Waals surface area contributed by atoms with Crippen LogP contribution in [0.5, 0.6) is 5.75 Å². The van der Waals surface area contributed by atoms with Crippen molar-refractivity contribution in [2.45, 2.75) is 44.7 Å². The van der Waals surface area contributed by atoms with Gasteiger partial charge in [0.1, 0.15) is 5.75 Å². The van der Waals surface area contributed by atoms with Gasteiger partial charge in [-0.25, -0.2) is 0 Å². The molecule has 1 aromatic rings. The molecule has 0 amide bonds. The van der Waals surface area contributed by atoms with Gasteiger partial charge in [-0.2, -0.15) is 0 Å². The van der Waals surface area contributed by atoms with Crippen molar-refractivity contribution in [3.63, 3.8) is 0 Å². The highest BCUT2D eigenvalue weighted by Crippen LogP contribution is 2.23. The van der Waals surface area contributed by atoms with Crippen molar-refractivity contribution >= 4 is 0 Å². The Bertz CT molecular complexity index is 406. The second-order valence-corrected chi connectivity index (χ2v) is 5.75. The molecule has 0 unspecified atom stereocenters. The second-order valence-electron chi connectivity index (χ2n) is 5.75.